The van der Waals surface area contributed by atoms with Crippen LogP contribution in [0.2, 0.25) is 0 Å². The van der Waals surface area contributed by atoms with Gasteiger partial charge in [-0.25, -0.2) is 18.0 Å². The van der Waals surface area contributed by atoms with Gasteiger partial charge in [-0.3, -0.25) is 4.79 Å². The summed E-state index contributed by atoms with van der Waals surface area (Å²) in [7, 11) is 0. The zero-order valence-electron chi connectivity index (χ0n) is 20.2. The first-order valence-corrected chi connectivity index (χ1v) is 11.2. The van der Waals surface area contributed by atoms with Gasteiger partial charge in [-0.15, -0.1) is 0 Å². The molecular weight excluding hydrogens is 515 g/mol. The van der Waals surface area contributed by atoms with Crippen molar-refractivity contribution in [3.05, 3.63) is 87.9 Å². The minimum atomic E-state index is -2.36. The molecule has 4 rings (SSSR count). The van der Waals surface area contributed by atoms with Gasteiger partial charge >= 0.3 is 5.97 Å². The number of hydrogen-bond donors (Lipinski definition) is 0. The molecule has 0 aliphatic carbocycles. The van der Waals surface area contributed by atoms with E-state index in [1.807, 2.05) is 6.92 Å². The fourth-order valence-corrected chi connectivity index (χ4v) is 3.61. The Balaban J connectivity index is 1.55. The first kappa shape index (κ1) is 26.6. The Labute approximate surface area is 213 Å². The van der Waals surface area contributed by atoms with Crippen molar-refractivity contribution >= 4 is 17.8 Å². The number of ketones is 1. The summed E-state index contributed by atoms with van der Waals surface area (Å²) in [6.07, 6.45) is -0.262. The van der Waals surface area contributed by atoms with Crippen LogP contribution in [0.4, 0.5) is 22.0 Å². The molecule has 0 aromatic heterocycles. The van der Waals surface area contributed by atoms with Gasteiger partial charge in [0.2, 0.25) is 34.9 Å². The Kier molecular flexibility index (Phi) is 7.38. The zero-order chi connectivity index (χ0) is 27.7. The third-order valence-electron chi connectivity index (χ3n) is 5.55. The van der Waals surface area contributed by atoms with E-state index in [4.69, 9.17) is 18.9 Å². The van der Waals surface area contributed by atoms with Gasteiger partial charge in [0, 0.05) is 11.1 Å². The molecule has 11 heteroatoms. The van der Waals surface area contributed by atoms with Gasteiger partial charge in [0.15, 0.2) is 17.6 Å². The van der Waals surface area contributed by atoms with Crippen LogP contribution in [0, 0.1) is 36.0 Å². The van der Waals surface area contributed by atoms with Crippen molar-refractivity contribution in [3.63, 3.8) is 0 Å². The molecule has 1 atom stereocenters. The number of hydrogen-bond acceptors (Lipinski definition) is 6. The lowest BCUT2D eigenvalue weighted by Gasteiger charge is -2.16. The monoisotopic (exact) mass is 534 g/mol. The Morgan fingerprint density at radius 2 is 1.58 bits per heavy atom. The molecular formula is C27H19F5O6. The maximum atomic E-state index is 13.9. The maximum absolute atomic E-state index is 13.9. The van der Waals surface area contributed by atoms with Crippen molar-refractivity contribution in [3.8, 4) is 23.0 Å². The molecule has 0 radical (unpaired) electrons. The second-order valence-electron chi connectivity index (χ2n) is 8.06. The van der Waals surface area contributed by atoms with E-state index in [1.54, 1.807) is 24.3 Å². The van der Waals surface area contributed by atoms with Gasteiger partial charge in [0.1, 0.15) is 17.2 Å². The summed E-state index contributed by atoms with van der Waals surface area (Å²) in [6.45, 7) is 4.73. The van der Waals surface area contributed by atoms with Crippen LogP contribution in [0.3, 0.4) is 0 Å². The van der Waals surface area contributed by atoms with E-state index in [2.05, 4.69) is 0 Å². The van der Waals surface area contributed by atoms with Crippen LogP contribution in [0.5, 0.6) is 23.0 Å². The van der Waals surface area contributed by atoms with Crippen molar-refractivity contribution in [1.82, 2.24) is 0 Å². The van der Waals surface area contributed by atoms with E-state index in [0.717, 1.165) is 6.92 Å². The molecule has 198 valence electrons. The number of esters is 1. The summed E-state index contributed by atoms with van der Waals surface area (Å²) in [4.78, 5) is 25.4. The third-order valence-corrected chi connectivity index (χ3v) is 5.55. The summed E-state index contributed by atoms with van der Waals surface area (Å²) in [5, 5.41) is 0. The van der Waals surface area contributed by atoms with E-state index in [-0.39, 0.29) is 28.4 Å². The second kappa shape index (κ2) is 10.5. The summed E-state index contributed by atoms with van der Waals surface area (Å²) in [5.74, 6) is -13.9. The molecule has 1 heterocycles. The van der Waals surface area contributed by atoms with Crippen LogP contribution in [0.1, 0.15) is 35.3 Å². The number of fused-ring (bicyclic) bond motifs is 1. The van der Waals surface area contributed by atoms with Crippen molar-refractivity contribution in [1.29, 1.82) is 0 Å². The molecule has 0 N–H and O–H groups in total. The molecule has 1 aliphatic heterocycles. The highest BCUT2D eigenvalue weighted by Gasteiger charge is 2.33. The summed E-state index contributed by atoms with van der Waals surface area (Å²) < 4.78 is 89.1. The lowest BCUT2D eigenvalue weighted by Crippen LogP contribution is -2.29. The van der Waals surface area contributed by atoms with Crippen molar-refractivity contribution in [2.45, 2.75) is 26.9 Å². The number of carbonyl (C=O) groups excluding carboxylic acids is 2. The number of allylic oxidation sites excluding steroid dienone is 1. The van der Waals surface area contributed by atoms with Crippen LogP contribution in [-0.2, 0) is 4.79 Å². The lowest BCUT2D eigenvalue weighted by molar-refractivity contribution is -0.141. The molecule has 3 aromatic carbocycles. The predicted octanol–water partition coefficient (Wildman–Crippen LogP) is 6.08. The largest absolute Gasteiger partial charge is 0.493 e. The summed E-state index contributed by atoms with van der Waals surface area (Å²) >= 11 is 0. The molecule has 0 saturated heterocycles. The Morgan fingerprint density at radius 1 is 0.947 bits per heavy atom. The van der Waals surface area contributed by atoms with Crippen LogP contribution in [-0.4, -0.2) is 24.5 Å². The number of para-hydroxylation sites is 1. The van der Waals surface area contributed by atoms with Gasteiger partial charge in [-0.1, -0.05) is 18.2 Å². The minimum Gasteiger partial charge on any atom is -0.493 e. The number of carbonyl (C=O) groups is 2. The van der Waals surface area contributed by atoms with Crippen molar-refractivity contribution in [2.75, 3.05) is 6.61 Å². The normalized spacial score (nSPS) is 14.2. The molecule has 0 spiro atoms. The molecule has 1 aliphatic rings. The topological polar surface area (TPSA) is 71.1 Å². The molecule has 6 nitrogen and oxygen atoms in total. The van der Waals surface area contributed by atoms with Crippen molar-refractivity contribution in [2.24, 2.45) is 0 Å². The molecule has 0 saturated carbocycles. The average molecular weight is 534 g/mol. The highest BCUT2D eigenvalue weighted by molar-refractivity contribution is 6.15. The zero-order valence-corrected chi connectivity index (χ0v) is 20.2. The standard InChI is InChI=1S/C27H19F5O6/c1-4-35-17-8-6-5-7-14(17)11-18-24(33)15-9-10-16(12(2)25(15)37-18)38-27(34)13(3)36-26-22(31)20(29)19(28)21(30)23(26)32/h5-11,13H,4H2,1-3H3/b18-11-. The molecule has 38 heavy (non-hydrogen) atoms. The Bertz CT molecular complexity index is 1450. The highest BCUT2D eigenvalue weighted by Crippen LogP contribution is 2.40. The number of halogens is 5. The number of Topliss-reactive ketones (excluding diaryl/α,β-unsaturated/α-hetero) is 1. The molecule has 3 aromatic rings. The van der Waals surface area contributed by atoms with Gasteiger partial charge in [0.25, 0.3) is 0 Å². The predicted molar refractivity (Wildman–Crippen MR) is 124 cm³/mol. The fraction of sp³-hybridized carbons (Fsp3) is 0.185. The number of ether oxygens (including phenoxy) is 4. The molecule has 0 amide bonds. The quantitative estimate of drug-likeness (QED) is 0.0914. The van der Waals surface area contributed by atoms with Gasteiger partial charge in [0.05, 0.1) is 12.2 Å². The molecule has 0 bridgehead atoms. The summed E-state index contributed by atoms with van der Waals surface area (Å²) in [5.41, 5.74) is 1.05. The van der Waals surface area contributed by atoms with Crippen LogP contribution in [0.25, 0.3) is 6.08 Å². The lowest BCUT2D eigenvalue weighted by atomic mass is 10.1. The molecule has 0 fully saturated rings. The first-order valence-electron chi connectivity index (χ1n) is 11.2. The molecule has 1 unspecified atom stereocenters. The minimum absolute atomic E-state index is 0.00162. The SMILES string of the molecule is CCOc1ccccc1/C=C1\Oc2c(ccc(OC(=O)C(C)Oc3c(F)c(F)c(F)c(F)c3F)c2C)C1=O. The van der Waals surface area contributed by atoms with E-state index < -0.39 is 52.7 Å². The average Bonchev–Trinajstić information content (AvgIpc) is 3.22. The highest BCUT2D eigenvalue weighted by atomic mass is 19.2. The summed E-state index contributed by atoms with van der Waals surface area (Å²) in [6, 6.07) is 9.68. The van der Waals surface area contributed by atoms with E-state index in [9.17, 15) is 31.5 Å². The van der Waals surface area contributed by atoms with Crippen LogP contribution < -0.4 is 18.9 Å². The third kappa shape index (κ3) is 4.79. The number of rotatable bonds is 7. The smallest absolute Gasteiger partial charge is 0.352 e. The maximum Gasteiger partial charge on any atom is 0.352 e. The van der Waals surface area contributed by atoms with Crippen LogP contribution >= 0.6 is 0 Å². The van der Waals surface area contributed by atoms with Crippen LogP contribution in [0.15, 0.2) is 42.2 Å². The van der Waals surface area contributed by atoms with Gasteiger partial charge < -0.3 is 18.9 Å². The fourth-order valence-electron chi connectivity index (χ4n) is 3.61. The Morgan fingerprint density at radius 3 is 2.24 bits per heavy atom. The number of benzene rings is 3. The van der Waals surface area contributed by atoms with Gasteiger partial charge in [-0.05, 0) is 45.0 Å². The van der Waals surface area contributed by atoms with E-state index in [0.29, 0.717) is 17.9 Å². The second-order valence-corrected chi connectivity index (χ2v) is 8.06. The Hall–Kier alpha value is -4.41. The van der Waals surface area contributed by atoms with Crippen molar-refractivity contribution < 1.29 is 50.5 Å². The first-order chi connectivity index (χ1) is 18.0. The van der Waals surface area contributed by atoms with Gasteiger partial charge in [-0.2, -0.15) is 8.78 Å². The van der Waals surface area contributed by atoms with E-state index in [1.165, 1.54) is 25.1 Å². The van der Waals surface area contributed by atoms with E-state index >= 15 is 0 Å².